The van der Waals surface area contributed by atoms with E-state index in [9.17, 15) is 19.0 Å². The van der Waals surface area contributed by atoms with E-state index in [0.717, 1.165) is 32.1 Å². The number of carbonyl (C=O) groups excluding carboxylic acids is 2. The lowest BCUT2D eigenvalue weighted by molar-refractivity contribution is -0.870. The molecule has 2 atom stereocenters. The van der Waals surface area contributed by atoms with Crippen molar-refractivity contribution in [3.05, 3.63) is 0 Å². The molecule has 1 N–H and O–H groups in total. The molecule has 0 heterocycles. The van der Waals surface area contributed by atoms with Gasteiger partial charge in [-0.3, -0.25) is 18.6 Å². The van der Waals surface area contributed by atoms with Crippen molar-refractivity contribution in [2.24, 2.45) is 0 Å². The molecule has 0 spiro atoms. The maximum atomic E-state index is 12.5. The quantitative estimate of drug-likeness (QED) is 0.0292. The van der Waals surface area contributed by atoms with Crippen LogP contribution in [0.15, 0.2) is 0 Å². The highest BCUT2D eigenvalue weighted by atomic mass is 31.2. The fourth-order valence-electron chi connectivity index (χ4n) is 5.66. The Kier molecular flexibility index (Phi) is 32.2. The Morgan fingerprint density at radius 3 is 1.31 bits per heavy atom. The Bertz CT molecular complexity index is 819. The predicted molar refractivity (Wildman–Crippen MR) is 201 cm³/mol. The third-order valence-corrected chi connectivity index (χ3v) is 9.87. The highest BCUT2D eigenvalue weighted by Crippen LogP contribution is 2.43. The van der Waals surface area contributed by atoms with Crippen LogP contribution in [0.25, 0.3) is 0 Å². The number of unbranched alkanes of at least 4 members (excludes halogenated alkanes) is 23. The van der Waals surface area contributed by atoms with Gasteiger partial charge in [0.05, 0.1) is 27.7 Å². The van der Waals surface area contributed by atoms with E-state index in [1.54, 1.807) is 0 Å². The first-order valence-electron chi connectivity index (χ1n) is 20.3. The normalized spacial score (nSPS) is 13.7. The van der Waals surface area contributed by atoms with Crippen LogP contribution in [0.1, 0.15) is 187 Å². The molecule has 0 saturated carbocycles. The number of hydrogen-bond acceptors (Lipinski definition) is 7. The van der Waals surface area contributed by atoms with Crippen molar-refractivity contribution in [2.75, 3.05) is 47.5 Å². The first-order valence-corrected chi connectivity index (χ1v) is 21.8. The van der Waals surface area contributed by atoms with Crippen molar-refractivity contribution >= 4 is 19.8 Å². The van der Waals surface area contributed by atoms with Crippen LogP contribution in [-0.4, -0.2) is 74.9 Å². The van der Waals surface area contributed by atoms with Crippen molar-refractivity contribution in [3.63, 3.8) is 0 Å². The third kappa shape index (κ3) is 36.6. The molecule has 0 bridgehead atoms. The molecule has 0 aromatic rings. The molecule has 1 unspecified atom stereocenters. The van der Waals surface area contributed by atoms with Crippen LogP contribution in [0.2, 0.25) is 0 Å². The maximum Gasteiger partial charge on any atom is 0.472 e. The summed E-state index contributed by atoms with van der Waals surface area (Å²) in [6.07, 6.45) is 30.2. The number of hydrogen-bond donors (Lipinski definition) is 1. The zero-order chi connectivity index (χ0) is 36.5. The van der Waals surface area contributed by atoms with E-state index in [0.29, 0.717) is 23.9 Å². The Hall–Kier alpha value is -0.990. The van der Waals surface area contributed by atoms with Crippen LogP contribution in [0.4, 0.5) is 0 Å². The molecule has 0 aliphatic carbocycles. The number of likely N-dealkylation sites (N-methyl/N-ethyl adjacent to an activating group) is 1. The molecule has 0 aliphatic rings. The number of rotatable bonds is 37. The molecular weight excluding hydrogens is 641 g/mol. The summed E-state index contributed by atoms with van der Waals surface area (Å²) < 4.78 is 34.1. The molecular formula is C39H79NO8P+. The van der Waals surface area contributed by atoms with E-state index in [1.807, 2.05) is 21.1 Å². The monoisotopic (exact) mass is 721 g/mol. The number of phosphoric ester groups is 1. The minimum atomic E-state index is -4.36. The van der Waals surface area contributed by atoms with Crippen LogP contribution in [-0.2, 0) is 32.7 Å². The van der Waals surface area contributed by atoms with E-state index < -0.39 is 26.5 Å². The van der Waals surface area contributed by atoms with Crippen LogP contribution >= 0.6 is 7.82 Å². The van der Waals surface area contributed by atoms with Crippen molar-refractivity contribution in [3.8, 4) is 0 Å². The van der Waals surface area contributed by atoms with Gasteiger partial charge >= 0.3 is 19.8 Å². The summed E-state index contributed by atoms with van der Waals surface area (Å²) in [6.45, 7) is 4.40. The molecule has 0 radical (unpaired) electrons. The van der Waals surface area contributed by atoms with Gasteiger partial charge in [-0.15, -0.1) is 0 Å². The first kappa shape index (κ1) is 48.0. The summed E-state index contributed by atoms with van der Waals surface area (Å²) in [7, 11) is 1.49. The average molecular weight is 721 g/mol. The van der Waals surface area contributed by atoms with E-state index in [2.05, 4.69) is 13.8 Å². The van der Waals surface area contributed by atoms with E-state index in [1.165, 1.54) is 122 Å². The van der Waals surface area contributed by atoms with E-state index >= 15 is 0 Å². The van der Waals surface area contributed by atoms with Crippen molar-refractivity contribution in [1.29, 1.82) is 0 Å². The summed E-state index contributed by atoms with van der Waals surface area (Å²) >= 11 is 0. The van der Waals surface area contributed by atoms with E-state index in [-0.39, 0.29) is 25.6 Å². The summed E-state index contributed by atoms with van der Waals surface area (Å²) in [5.74, 6) is -0.793. The van der Waals surface area contributed by atoms with Crippen molar-refractivity contribution in [1.82, 2.24) is 0 Å². The molecule has 49 heavy (non-hydrogen) atoms. The Balaban J connectivity index is 4.26. The molecule has 292 valence electrons. The fourth-order valence-corrected chi connectivity index (χ4v) is 6.40. The minimum absolute atomic E-state index is 0.0362. The second-order valence-electron chi connectivity index (χ2n) is 15.0. The molecule has 0 saturated heterocycles. The lowest BCUT2D eigenvalue weighted by atomic mass is 10.0. The zero-order valence-electron chi connectivity index (χ0n) is 32.7. The number of phosphoric acid groups is 1. The standard InChI is InChI=1S/C39H78NO8P/c1-6-8-10-12-14-16-17-18-19-20-21-22-23-24-26-27-29-31-38(41)45-35-37(36-47-49(43,44)46-34-33-40(3,4)5)48-39(42)32-30-28-25-15-13-11-9-7-2/h37H,6-36H2,1-5H3/p+1/t37-/m1/s1. The molecule has 0 aromatic carbocycles. The van der Waals surface area contributed by atoms with Gasteiger partial charge in [0.1, 0.15) is 19.8 Å². The first-order chi connectivity index (χ1) is 23.5. The van der Waals surface area contributed by atoms with E-state index in [4.69, 9.17) is 18.5 Å². The topological polar surface area (TPSA) is 108 Å². The fraction of sp³-hybridized carbons (Fsp3) is 0.949. The van der Waals surface area contributed by atoms with Crippen LogP contribution in [0.3, 0.4) is 0 Å². The lowest BCUT2D eigenvalue weighted by Crippen LogP contribution is -2.37. The molecule has 9 nitrogen and oxygen atoms in total. The Labute approximate surface area is 302 Å². The second-order valence-corrected chi connectivity index (χ2v) is 16.5. The maximum absolute atomic E-state index is 12.5. The third-order valence-electron chi connectivity index (χ3n) is 8.89. The molecule has 0 aromatic heterocycles. The van der Waals surface area contributed by atoms with Crippen LogP contribution < -0.4 is 0 Å². The molecule has 0 aliphatic heterocycles. The molecule has 0 fully saturated rings. The molecule has 0 amide bonds. The summed E-state index contributed by atoms with van der Waals surface area (Å²) in [4.78, 5) is 35.1. The summed E-state index contributed by atoms with van der Waals surface area (Å²) in [6, 6.07) is 0. The number of nitrogens with zero attached hydrogens (tertiary/aromatic N) is 1. The Morgan fingerprint density at radius 2 is 0.918 bits per heavy atom. The SMILES string of the molecule is CCCCCCCCCCCCCCCCCCCC(=O)OC[C@H](COP(=O)(O)OCC[N+](C)(C)C)OC(=O)CCCCCCCCCC. The van der Waals surface area contributed by atoms with Crippen LogP contribution in [0.5, 0.6) is 0 Å². The largest absolute Gasteiger partial charge is 0.472 e. The van der Waals surface area contributed by atoms with Crippen LogP contribution in [0, 0.1) is 0 Å². The Morgan fingerprint density at radius 1 is 0.551 bits per heavy atom. The summed E-state index contributed by atoms with van der Waals surface area (Å²) in [5, 5.41) is 0. The zero-order valence-corrected chi connectivity index (χ0v) is 33.6. The number of carbonyl (C=O) groups is 2. The van der Waals surface area contributed by atoms with Gasteiger partial charge in [-0.25, -0.2) is 4.57 Å². The van der Waals surface area contributed by atoms with Gasteiger partial charge in [0, 0.05) is 12.8 Å². The molecule has 0 rings (SSSR count). The minimum Gasteiger partial charge on any atom is -0.462 e. The van der Waals surface area contributed by atoms with Gasteiger partial charge in [-0.05, 0) is 12.8 Å². The highest BCUT2D eigenvalue weighted by molar-refractivity contribution is 7.47. The van der Waals surface area contributed by atoms with Gasteiger partial charge in [-0.1, -0.05) is 162 Å². The van der Waals surface area contributed by atoms with Gasteiger partial charge in [0.2, 0.25) is 0 Å². The van der Waals surface area contributed by atoms with Gasteiger partial charge in [0.15, 0.2) is 6.10 Å². The van der Waals surface area contributed by atoms with Gasteiger partial charge in [-0.2, -0.15) is 0 Å². The average Bonchev–Trinajstić information content (AvgIpc) is 3.04. The lowest BCUT2D eigenvalue weighted by Gasteiger charge is -2.24. The van der Waals surface area contributed by atoms with Crippen molar-refractivity contribution < 1.29 is 42.1 Å². The smallest absolute Gasteiger partial charge is 0.462 e. The predicted octanol–water partition coefficient (Wildman–Crippen LogP) is 10.9. The summed E-state index contributed by atoms with van der Waals surface area (Å²) in [5.41, 5.74) is 0. The number of esters is 2. The highest BCUT2D eigenvalue weighted by Gasteiger charge is 2.27. The molecule has 10 heteroatoms. The number of ether oxygens (including phenoxy) is 2. The van der Waals surface area contributed by atoms with Gasteiger partial charge in [0.25, 0.3) is 0 Å². The second kappa shape index (κ2) is 32.9. The van der Waals surface area contributed by atoms with Crippen molar-refractivity contribution in [2.45, 2.75) is 193 Å². The number of quaternary nitrogens is 1. The van der Waals surface area contributed by atoms with Gasteiger partial charge < -0.3 is 18.9 Å².